The van der Waals surface area contributed by atoms with Crippen LogP contribution in [0.2, 0.25) is 0 Å². The molecule has 2 rings (SSSR count). The Bertz CT molecular complexity index is 321. The van der Waals surface area contributed by atoms with Gasteiger partial charge >= 0.3 is 0 Å². The van der Waals surface area contributed by atoms with Gasteiger partial charge in [-0.15, -0.1) is 0 Å². The number of rotatable bonds is 5. The molecule has 3 nitrogen and oxygen atoms in total. The second-order valence-corrected chi connectivity index (χ2v) is 4.12. The molecule has 0 bridgehead atoms. The topological polar surface area (TPSA) is 30.5 Å². The van der Waals surface area contributed by atoms with E-state index >= 15 is 0 Å². The highest BCUT2D eigenvalue weighted by Gasteiger charge is 2.13. The molecular formula is C13H19NO2. The van der Waals surface area contributed by atoms with Crippen molar-refractivity contribution in [1.29, 1.82) is 0 Å². The van der Waals surface area contributed by atoms with Crippen molar-refractivity contribution < 1.29 is 9.47 Å². The van der Waals surface area contributed by atoms with Gasteiger partial charge in [0, 0.05) is 11.6 Å². The van der Waals surface area contributed by atoms with Gasteiger partial charge < -0.3 is 14.8 Å². The van der Waals surface area contributed by atoms with E-state index in [0.29, 0.717) is 12.6 Å². The smallest absolute Gasteiger partial charge is 0.124 e. The van der Waals surface area contributed by atoms with Crippen molar-refractivity contribution in [3.63, 3.8) is 0 Å². The lowest BCUT2D eigenvalue weighted by molar-refractivity contribution is 0.102. The van der Waals surface area contributed by atoms with E-state index in [9.17, 15) is 0 Å². The number of para-hydroxylation sites is 1. The molecule has 0 aromatic heterocycles. The minimum atomic E-state index is 0.537. The van der Waals surface area contributed by atoms with Gasteiger partial charge in [0.1, 0.15) is 5.75 Å². The predicted octanol–water partition coefficient (Wildman–Crippen LogP) is 1.96. The van der Waals surface area contributed by atoms with Crippen LogP contribution in [0.4, 0.5) is 0 Å². The summed E-state index contributed by atoms with van der Waals surface area (Å²) in [6, 6.07) is 8.53. The lowest BCUT2D eigenvalue weighted by Crippen LogP contribution is -2.26. The first kappa shape index (κ1) is 11.4. The lowest BCUT2D eigenvalue weighted by atomic mass is 10.2. The maximum Gasteiger partial charge on any atom is 0.124 e. The van der Waals surface area contributed by atoms with Crippen LogP contribution in [-0.2, 0) is 11.3 Å². The second-order valence-electron chi connectivity index (χ2n) is 4.12. The van der Waals surface area contributed by atoms with Crippen LogP contribution in [-0.4, -0.2) is 26.3 Å². The summed E-state index contributed by atoms with van der Waals surface area (Å²) in [5.41, 5.74) is 1.11. The van der Waals surface area contributed by atoms with Crippen LogP contribution in [0, 0.1) is 0 Å². The fourth-order valence-electron chi connectivity index (χ4n) is 2.03. The van der Waals surface area contributed by atoms with Gasteiger partial charge in [-0.2, -0.15) is 0 Å². The van der Waals surface area contributed by atoms with E-state index in [2.05, 4.69) is 5.32 Å². The molecule has 1 fully saturated rings. The molecule has 1 aromatic rings. The zero-order valence-corrected chi connectivity index (χ0v) is 9.74. The third-order valence-electron chi connectivity index (χ3n) is 2.93. The van der Waals surface area contributed by atoms with Crippen LogP contribution in [0.15, 0.2) is 24.3 Å². The monoisotopic (exact) mass is 221 g/mol. The molecular weight excluding hydrogens is 202 g/mol. The molecule has 1 atom stereocenters. The summed E-state index contributed by atoms with van der Waals surface area (Å²) < 4.78 is 11.0. The Morgan fingerprint density at radius 1 is 1.38 bits per heavy atom. The van der Waals surface area contributed by atoms with Gasteiger partial charge in [-0.05, 0) is 25.5 Å². The van der Waals surface area contributed by atoms with Crippen LogP contribution in [0.5, 0.6) is 5.75 Å². The van der Waals surface area contributed by atoms with Crippen molar-refractivity contribution in [1.82, 2.24) is 5.32 Å². The Balaban J connectivity index is 1.79. The Morgan fingerprint density at radius 3 is 3.00 bits per heavy atom. The van der Waals surface area contributed by atoms with Gasteiger partial charge in [-0.3, -0.25) is 0 Å². The molecule has 1 saturated heterocycles. The summed E-state index contributed by atoms with van der Waals surface area (Å²) in [7, 11) is 1.69. The summed E-state index contributed by atoms with van der Waals surface area (Å²) in [5, 5.41) is 3.42. The van der Waals surface area contributed by atoms with Crippen molar-refractivity contribution in [2.24, 2.45) is 0 Å². The van der Waals surface area contributed by atoms with E-state index in [1.54, 1.807) is 7.11 Å². The first-order chi connectivity index (χ1) is 7.90. The van der Waals surface area contributed by atoms with Crippen LogP contribution in [0.1, 0.15) is 18.4 Å². The van der Waals surface area contributed by atoms with Gasteiger partial charge in [0.2, 0.25) is 0 Å². The van der Waals surface area contributed by atoms with Crippen molar-refractivity contribution in [3.05, 3.63) is 29.8 Å². The highest BCUT2D eigenvalue weighted by atomic mass is 16.5. The largest absolute Gasteiger partial charge is 0.496 e. The van der Waals surface area contributed by atoms with Gasteiger partial charge in [-0.25, -0.2) is 0 Å². The quantitative estimate of drug-likeness (QED) is 0.824. The van der Waals surface area contributed by atoms with Crippen molar-refractivity contribution in [3.8, 4) is 5.75 Å². The molecule has 0 spiro atoms. The molecule has 88 valence electrons. The maximum absolute atomic E-state index is 5.70. The Labute approximate surface area is 96.8 Å². The first-order valence-corrected chi connectivity index (χ1v) is 5.83. The van der Waals surface area contributed by atoms with Crippen LogP contribution in [0.3, 0.4) is 0 Å². The van der Waals surface area contributed by atoms with Gasteiger partial charge in [-0.1, -0.05) is 18.2 Å². The summed E-state index contributed by atoms with van der Waals surface area (Å²) >= 11 is 0. The molecule has 1 unspecified atom stereocenters. The Kier molecular flexibility index (Phi) is 4.19. The van der Waals surface area contributed by atoms with E-state index < -0.39 is 0 Å². The van der Waals surface area contributed by atoms with Crippen molar-refractivity contribution >= 4 is 0 Å². The van der Waals surface area contributed by atoms with Gasteiger partial charge in [0.05, 0.1) is 20.3 Å². The normalized spacial score (nSPS) is 19.9. The molecule has 1 aliphatic heterocycles. The van der Waals surface area contributed by atoms with E-state index in [0.717, 1.165) is 24.5 Å². The zero-order valence-electron chi connectivity index (χ0n) is 9.74. The van der Waals surface area contributed by atoms with Crippen LogP contribution >= 0.6 is 0 Å². The number of benzene rings is 1. The second kappa shape index (κ2) is 5.87. The standard InChI is InChI=1S/C13H19NO2/c1-15-13-7-3-2-5-11(13)9-16-10-12-6-4-8-14-12/h2-3,5,7,12,14H,4,6,8-10H2,1H3. The molecule has 0 radical (unpaired) electrons. The number of hydrogen-bond acceptors (Lipinski definition) is 3. The summed E-state index contributed by atoms with van der Waals surface area (Å²) in [5.74, 6) is 0.905. The molecule has 16 heavy (non-hydrogen) atoms. The molecule has 0 saturated carbocycles. The van der Waals surface area contributed by atoms with Gasteiger partial charge in [0.25, 0.3) is 0 Å². The SMILES string of the molecule is COc1ccccc1COCC1CCCN1. The number of ether oxygens (including phenoxy) is 2. The zero-order chi connectivity index (χ0) is 11.2. The van der Waals surface area contributed by atoms with Crippen LogP contribution in [0.25, 0.3) is 0 Å². The Morgan fingerprint density at radius 2 is 2.25 bits per heavy atom. The molecule has 1 N–H and O–H groups in total. The van der Waals surface area contributed by atoms with Crippen molar-refractivity contribution in [2.75, 3.05) is 20.3 Å². The molecule has 0 aliphatic carbocycles. The maximum atomic E-state index is 5.70. The third-order valence-corrected chi connectivity index (χ3v) is 2.93. The molecule has 1 aliphatic rings. The van der Waals surface area contributed by atoms with E-state index in [-0.39, 0.29) is 0 Å². The minimum absolute atomic E-state index is 0.537. The lowest BCUT2D eigenvalue weighted by Gasteiger charge is -2.12. The van der Waals surface area contributed by atoms with Crippen LogP contribution < -0.4 is 10.1 Å². The minimum Gasteiger partial charge on any atom is -0.496 e. The highest BCUT2D eigenvalue weighted by molar-refractivity contribution is 5.32. The Hall–Kier alpha value is -1.06. The molecule has 1 heterocycles. The number of methoxy groups -OCH3 is 1. The fourth-order valence-corrected chi connectivity index (χ4v) is 2.03. The number of nitrogens with one attached hydrogen (secondary N) is 1. The average molecular weight is 221 g/mol. The molecule has 1 aromatic carbocycles. The highest BCUT2D eigenvalue weighted by Crippen LogP contribution is 2.18. The summed E-state index contributed by atoms with van der Waals surface area (Å²) in [6.45, 7) is 2.54. The van der Waals surface area contributed by atoms with Crippen molar-refractivity contribution in [2.45, 2.75) is 25.5 Å². The number of hydrogen-bond donors (Lipinski definition) is 1. The first-order valence-electron chi connectivity index (χ1n) is 5.83. The summed E-state index contributed by atoms with van der Waals surface area (Å²) in [6.07, 6.45) is 2.49. The third kappa shape index (κ3) is 2.97. The van der Waals surface area contributed by atoms with Gasteiger partial charge in [0.15, 0.2) is 0 Å². The van der Waals surface area contributed by atoms with E-state index in [4.69, 9.17) is 9.47 Å². The summed E-state index contributed by atoms with van der Waals surface area (Å²) in [4.78, 5) is 0. The molecule has 3 heteroatoms. The average Bonchev–Trinajstić information content (AvgIpc) is 2.83. The fraction of sp³-hybridized carbons (Fsp3) is 0.538. The molecule has 0 amide bonds. The van der Waals surface area contributed by atoms with E-state index in [1.807, 2.05) is 24.3 Å². The predicted molar refractivity (Wildman–Crippen MR) is 63.7 cm³/mol. The van der Waals surface area contributed by atoms with E-state index in [1.165, 1.54) is 12.8 Å².